The molecule has 1 aliphatic carbocycles. The smallest absolute Gasteiger partial charge is 0.163 e. The minimum absolute atomic E-state index is 0.112. The van der Waals surface area contributed by atoms with Crippen LogP contribution in [0.3, 0.4) is 0 Å². The molecule has 6 heteroatoms. The fourth-order valence-electron chi connectivity index (χ4n) is 4.58. The molecule has 0 saturated heterocycles. The van der Waals surface area contributed by atoms with Gasteiger partial charge in [0.25, 0.3) is 0 Å². The van der Waals surface area contributed by atoms with E-state index >= 15 is 0 Å². The van der Waals surface area contributed by atoms with Gasteiger partial charge in [0.2, 0.25) is 0 Å². The van der Waals surface area contributed by atoms with Crippen molar-refractivity contribution in [2.45, 2.75) is 39.3 Å². The van der Waals surface area contributed by atoms with Crippen LogP contribution in [0.4, 0.5) is 11.5 Å². The van der Waals surface area contributed by atoms with Crippen LogP contribution >= 0.6 is 11.6 Å². The summed E-state index contributed by atoms with van der Waals surface area (Å²) in [5.41, 5.74) is 4.32. The number of nitrogens with zero attached hydrogens (tertiary/aromatic N) is 1. The minimum atomic E-state index is -0.400. The molecule has 2 aromatic carbocycles. The highest BCUT2D eigenvalue weighted by Gasteiger charge is 2.39. The normalized spacial score (nSPS) is 19.0. The van der Waals surface area contributed by atoms with Gasteiger partial charge in [0, 0.05) is 28.9 Å². The summed E-state index contributed by atoms with van der Waals surface area (Å²) in [7, 11) is 0. The monoisotopic (exact) mass is 459 g/mol. The van der Waals surface area contributed by atoms with Crippen LogP contribution in [0.15, 0.2) is 78.1 Å². The number of ketones is 1. The lowest BCUT2D eigenvalue weighted by atomic mass is 9.73. The largest absolute Gasteiger partial charge is 0.489 e. The van der Waals surface area contributed by atoms with Gasteiger partial charge >= 0.3 is 0 Å². The molecule has 0 saturated carbocycles. The number of halogens is 1. The van der Waals surface area contributed by atoms with Crippen molar-refractivity contribution in [2.24, 2.45) is 5.41 Å². The Labute approximate surface area is 198 Å². The average molecular weight is 460 g/mol. The molecule has 5 nitrogen and oxygen atoms in total. The van der Waals surface area contributed by atoms with E-state index in [4.69, 9.17) is 16.3 Å². The molecule has 1 aromatic heterocycles. The quantitative estimate of drug-likeness (QED) is 0.464. The molecule has 0 spiro atoms. The summed E-state index contributed by atoms with van der Waals surface area (Å²) in [5.74, 6) is 1.51. The minimum Gasteiger partial charge on any atom is -0.489 e. The molecule has 0 bridgehead atoms. The van der Waals surface area contributed by atoms with E-state index in [2.05, 4.69) is 29.5 Å². The van der Waals surface area contributed by atoms with Gasteiger partial charge < -0.3 is 15.4 Å². The van der Waals surface area contributed by atoms with E-state index in [1.807, 2.05) is 60.7 Å². The van der Waals surface area contributed by atoms with Gasteiger partial charge in [-0.2, -0.15) is 0 Å². The van der Waals surface area contributed by atoms with Crippen LogP contribution < -0.4 is 15.4 Å². The third-order valence-electron chi connectivity index (χ3n) is 6.11. The van der Waals surface area contributed by atoms with Gasteiger partial charge in [0.05, 0.1) is 11.7 Å². The maximum Gasteiger partial charge on any atom is 0.163 e. The number of fused-ring (bicyclic) bond motifs is 1. The van der Waals surface area contributed by atoms with Gasteiger partial charge in [-0.05, 0) is 47.2 Å². The number of benzene rings is 2. The molecule has 33 heavy (non-hydrogen) atoms. The number of rotatable bonds is 4. The van der Waals surface area contributed by atoms with Crippen molar-refractivity contribution in [3.8, 4) is 5.75 Å². The predicted octanol–water partition coefficient (Wildman–Crippen LogP) is 6.54. The molecule has 0 radical (unpaired) electrons. The average Bonchev–Trinajstić information content (AvgIpc) is 2.94. The number of hydrogen-bond acceptors (Lipinski definition) is 5. The zero-order chi connectivity index (χ0) is 23.0. The summed E-state index contributed by atoms with van der Waals surface area (Å²) in [6, 6.07) is 19.1. The molecular weight excluding hydrogens is 434 g/mol. The lowest BCUT2D eigenvalue weighted by Crippen LogP contribution is -2.31. The number of allylic oxidation sites excluding steroid dienone is 1. The lowest BCUT2D eigenvalue weighted by Gasteiger charge is -2.34. The summed E-state index contributed by atoms with van der Waals surface area (Å²) in [6.07, 6.45) is 3.00. The highest BCUT2D eigenvalue weighted by atomic mass is 35.5. The van der Waals surface area contributed by atoms with Gasteiger partial charge in [0.1, 0.15) is 18.2 Å². The van der Waals surface area contributed by atoms with Gasteiger partial charge in [-0.15, -0.1) is 0 Å². The van der Waals surface area contributed by atoms with Crippen molar-refractivity contribution in [1.29, 1.82) is 0 Å². The molecule has 3 aromatic rings. The lowest BCUT2D eigenvalue weighted by molar-refractivity contribution is -0.118. The molecule has 1 atom stereocenters. The number of Topliss-reactive ketones (excluding diaryl/α,β-unsaturated/α-hetero) is 1. The molecule has 1 unspecified atom stereocenters. The van der Waals surface area contributed by atoms with E-state index < -0.39 is 6.04 Å². The molecule has 2 N–H and O–H groups in total. The summed E-state index contributed by atoms with van der Waals surface area (Å²) in [5, 5.41) is 7.50. The Bertz CT molecular complexity index is 1240. The number of aromatic nitrogens is 1. The van der Waals surface area contributed by atoms with Crippen molar-refractivity contribution in [3.05, 3.63) is 94.3 Å². The Morgan fingerprint density at radius 2 is 1.91 bits per heavy atom. The van der Waals surface area contributed by atoms with Crippen molar-refractivity contribution >= 4 is 28.9 Å². The number of anilines is 2. The first-order chi connectivity index (χ1) is 15.9. The molecule has 0 amide bonds. The van der Waals surface area contributed by atoms with Crippen molar-refractivity contribution in [3.63, 3.8) is 0 Å². The van der Waals surface area contributed by atoms with Crippen LogP contribution in [0, 0.1) is 5.41 Å². The SMILES string of the molecule is CC1(C)CC(=O)C2=C(C1)Nc1cccnc1NC2c1ccc(OCc2ccccc2)cc1Cl. The summed E-state index contributed by atoms with van der Waals surface area (Å²) >= 11 is 6.77. The standard InChI is InChI=1S/C27H26ClN3O2/c1-27(2)14-22-24(23(32)15-27)25(31-26-21(30-22)9-6-12-29-26)19-11-10-18(13-20(19)28)33-16-17-7-4-3-5-8-17/h3-13,25,30H,14-16H2,1-2H3,(H,29,31). The second-order valence-corrected chi connectivity index (χ2v) is 9.80. The maximum absolute atomic E-state index is 13.3. The van der Waals surface area contributed by atoms with E-state index in [0.717, 1.165) is 34.5 Å². The van der Waals surface area contributed by atoms with Gasteiger partial charge in [-0.3, -0.25) is 4.79 Å². The van der Waals surface area contributed by atoms with E-state index in [1.54, 1.807) is 6.20 Å². The topological polar surface area (TPSA) is 63.2 Å². The zero-order valence-electron chi connectivity index (χ0n) is 18.7. The third-order valence-corrected chi connectivity index (χ3v) is 6.44. The number of carbonyl (C=O) groups excluding carboxylic acids is 1. The molecule has 1 aliphatic heterocycles. The third kappa shape index (κ3) is 4.46. The number of hydrogen-bond donors (Lipinski definition) is 2. The number of pyridine rings is 1. The second kappa shape index (κ2) is 8.56. The Balaban J connectivity index is 1.50. The molecule has 2 aliphatic rings. The predicted molar refractivity (Wildman–Crippen MR) is 131 cm³/mol. The van der Waals surface area contributed by atoms with Crippen LogP contribution in [-0.4, -0.2) is 10.8 Å². The summed E-state index contributed by atoms with van der Waals surface area (Å²) in [6.45, 7) is 4.71. The van der Waals surface area contributed by atoms with Gasteiger partial charge in [0.15, 0.2) is 5.78 Å². The van der Waals surface area contributed by atoms with Crippen LogP contribution in [0.2, 0.25) is 5.02 Å². The van der Waals surface area contributed by atoms with Crippen molar-refractivity contribution < 1.29 is 9.53 Å². The van der Waals surface area contributed by atoms with E-state index in [-0.39, 0.29) is 11.2 Å². The maximum atomic E-state index is 13.3. The number of ether oxygens (including phenoxy) is 1. The Morgan fingerprint density at radius 1 is 1.09 bits per heavy atom. The first kappa shape index (κ1) is 21.5. The van der Waals surface area contributed by atoms with E-state index in [1.165, 1.54) is 0 Å². The fraction of sp³-hybridized carbons (Fsp3) is 0.259. The Kier molecular flexibility index (Phi) is 5.59. The van der Waals surface area contributed by atoms with Gasteiger partial charge in [-0.1, -0.05) is 61.8 Å². The molecule has 2 heterocycles. The number of carbonyl (C=O) groups is 1. The van der Waals surface area contributed by atoms with Gasteiger partial charge in [-0.25, -0.2) is 4.98 Å². The molecule has 0 fully saturated rings. The Hall–Kier alpha value is -3.31. The molecule has 168 valence electrons. The Morgan fingerprint density at radius 3 is 2.70 bits per heavy atom. The van der Waals surface area contributed by atoms with Crippen LogP contribution in [-0.2, 0) is 11.4 Å². The highest BCUT2D eigenvalue weighted by Crippen LogP contribution is 2.46. The van der Waals surface area contributed by atoms with Crippen LogP contribution in [0.5, 0.6) is 5.75 Å². The summed E-state index contributed by atoms with van der Waals surface area (Å²) in [4.78, 5) is 17.8. The molecular formula is C27H26ClN3O2. The fourth-order valence-corrected chi connectivity index (χ4v) is 4.86. The molecule has 5 rings (SSSR count). The van der Waals surface area contributed by atoms with Crippen LogP contribution in [0.1, 0.15) is 43.9 Å². The van der Waals surface area contributed by atoms with Crippen LogP contribution in [0.25, 0.3) is 0 Å². The highest BCUT2D eigenvalue weighted by molar-refractivity contribution is 6.31. The van der Waals surface area contributed by atoms with E-state index in [9.17, 15) is 4.79 Å². The zero-order valence-corrected chi connectivity index (χ0v) is 19.4. The van der Waals surface area contributed by atoms with Crippen molar-refractivity contribution in [2.75, 3.05) is 10.6 Å². The second-order valence-electron chi connectivity index (χ2n) is 9.39. The first-order valence-electron chi connectivity index (χ1n) is 11.1. The summed E-state index contributed by atoms with van der Waals surface area (Å²) < 4.78 is 5.94. The van der Waals surface area contributed by atoms with E-state index in [0.29, 0.717) is 29.6 Å². The van der Waals surface area contributed by atoms with Crippen molar-refractivity contribution in [1.82, 2.24) is 4.98 Å². The number of nitrogens with one attached hydrogen (secondary N) is 2. The first-order valence-corrected chi connectivity index (χ1v) is 11.5.